The molecule has 0 bridgehead atoms. The lowest BCUT2D eigenvalue weighted by Crippen LogP contribution is -2.35. The normalized spacial score (nSPS) is 14.3. The summed E-state index contributed by atoms with van der Waals surface area (Å²) in [7, 11) is 0.954. The molecule has 1 aromatic carbocycles. The van der Waals surface area contributed by atoms with Crippen LogP contribution in [0.3, 0.4) is 0 Å². The maximum absolute atomic E-state index is 12.0. The fraction of sp³-hybridized carbons (Fsp3) is 0.385. The molecule has 5 nitrogen and oxygen atoms in total. The van der Waals surface area contributed by atoms with Crippen LogP contribution in [0.1, 0.15) is 6.92 Å². The molecule has 102 valence electrons. The van der Waals surface area contributed by atoms with Gasteiger partial charge in [0.15, 0.2) is 0 Å². The third kappa shape index (κ3) is 3.01. The van der Waals surface area contributed by atoms with Gasteiger partial charge in [0.05, 0.1) is 10.9 Å². The molecular weight excluding hydrogens is 262 g/mol. The van der Waals surface area contributed by atoms with Crippen LogP contribution in [0.25, 0.3) is 10.9 Å². The lowest BCUT2D eigenvalue weighted by atomic mass is 10.2. The largest absolute Gasteiger partial charge is 0.342 e. The molecule has 0 aliphatic rings. The van der Waals surface area contributed by atoms with Gasteiger partial charge >= 0.3 is 0 Å². The minimum atomic E-state index is -0.884. The first-order valence-corrected chi connectivity index (χ1v) is 7.73. The van der Waals surface area contributed by atoms with Crippen LogP contribution in [0, 0.1) is 0 Å². The predicted molar refractivity (Wildman–Crippen MR) is 79.2 cm³/mol. The minimum Gasteiger partial charge on any atom is -0.342 e. The summed E-state index contributed by atoms with van der Waals surface area (Å²) < 4.78 is 11.3. The van der Waals surface area contributed by atoms with Crippen LogP contribution >= 0.6 is 0 Å². The van der Waals surface area contributed by atoms with Gasteiger partial charge in [-0.25, -0.2) is 4.98 Å². The van der Waals surface area contributed by atoms with Crippen molar-refractivity contribution in [3.8, 4) is 0 Å². The second-order valence-corrected chi connectivity index (χ2v) is 6.09. The first-order chi connectivity index (χ1) is 8.99. The number of rotatable bonds is 4. The maximum atomic E-state index is 12.0. The van der Waals surface area contributed by atoms with Crippen molar-refractivity contribution in [2.75, 3.05) is 24.0 Å². The Balaban J connectivity index is 2.40. The monoisotopic (exact) mass is 279 g/mol. The molecule has 0 saturated carbocycles. The Morgan fingerprint density at radius 1 is 1.42 bits per heavy atom. The van der Waals surface area contributed by atoms with E-state index < -0.39 is 10.8 Å². The first kappa shape index (κ1) is 13.7. The molecule has 0 saturated heterocycles. The lowest BCUT2D eigenvalue weighted by molar-refractivity contribution is 0.672. The summed E-state index contributed by atoms with van der Waals surface area (Å²) in [6.45, 7) is 1.95. The lowest BCUT2D eigenvalue weighted by Gasteiger charge is -2.24. The van der Waals surface area contributed by atoms with Gasteiger partial charge in [-0.15, -0.1) is 0 Å². The smallest absolute Gasteiger partial charge is 0.260 e. The molecular formula is C13H17N3O2S. The quantitative estimate of drug-likeness (QED) is 0.911. The Labute approximate surface area is 114 Å². The van der Waals surface area contributed by atoms with E-state index in [1.54, 1.807) is 12.3 Å². The third-order valence-electron chi connectivity index (χ3n) is 3.07. The number of para-hydroxylation sites is 1. The van der Waals surface area contributed by atoms with Gasteiger partial charge in [-0.3, -0.25) is 14.0 Å². The third-order valence-corrected chi connectivity index (χ3v) is 4.02. The molecule has 0 amide bonds. The van der Waals surface area contributed by atoms with Crippen molar-refractivity contribution in [2.45, 2.75) is 13.0 Å². The molecule has 0 fully saturated rings. The van der Waals surface area contributed by atoms with Crippen molar-refractivity contribution in [3.63, 3.8) is 0 Å². The van der Waals surface area contributed by atoms with Gasteiger partial charge in [0, 0.05) is 35.9 Å². The molecule has 0 spiro atoms. The number of H-pyrrole nitrogens is 1. The Bertz CT molecular complexity index is 668. The molecule has 2 aromatic rings. The Morgan fingerprint density at radius 2 is 2.11 bits per heavy atom. The van der Waals surface area contributed by atoms with E-state index in [-0.39, 0.29) is 11.6 Å². The highest BCUT2D eigenvalue weighted by molar-refractivity contribution is 7.84. The highest BCUT2D eigenvalue weighted by atomic mass is 32.2. The highest BCUT2D eigenvalue weighted by Gasteiger charge is 2.14. The van der Waals surface area contributed by atoms with E-state index in [0.717, 1.165) is 0 Å². The van der Waals surface area contributed by atoms with Gasteiger partial charge in [0.2, 0.25) is 5.95 Å². The summed E-state index contributed by atoms with van der Waals surface area (Å²) in [5.41, 5.74) is 0.509. The van der Waals surface area contributed by atoms with Crippen LogP contribution in [0.15, 0.2) is 29.1 Å². The van der Waals surface area contributed by atoms with Crippen molar-refractivity contribution < 1.29 is 4.21 Å². The topological polar surface area (TPSA) is 66.1 Å². The van der Waals surface area contributed by atoms with Crippen molar-refractivity contribution >= 4 is 27.7 Å². The summed E-state index contributed by atoms with van der Waals surface area (Å²) in [4.78, 5) is 21.0. The second-order valence-electron chi connectivity index (χ2n) is 4.61. The van der Waals surface area contributed by atoms with Crippen LogP contribution in [-0.4, -0.2) is 39.3 Å². The van der Waals surface area contributed by atoms with Crippen LogP contribution < -0.4 is 10.5 Å². The molecule has 6 heteroatoms. The van der Waals surface area contributed by atoms with Crippen LogP contribution in [0.2, 0.25) is 0 Å². The molecule has 2 atom stereocenters. The fourth-order valence-corrected chi connectivity index (χ4v) is 2.80. The van der Waals surface area contributed by atoms with Gasteiger partial charge in [-0.2, -0.15) is 0 Å². The van der Waals surface area contributed by atoms with E-state index in [1.165, 1.54) is 0 Å². The van der Waals surface area contributed by atoms with Gasteiger partial charge in [0.25, 0.3) is 5.56 Å². The number of anilines is 1. The van der Waals surface area contributed by atoms with Gasteiger partial charge in [0.1, 0.15) is 0 Å². The minimum absolute atomic E-state index is 0.0372. The van der Waals surface area contributed by atoms with E-state index >= 15 is 0 Å². The molecule has 19 heavy (non-hydrogen) atoms. The molecule has 0 aliphatic carbocycles. The Kier molecular flexibility index (Phi) is 3.99. The molecule has 1 aromatic heterocycles. The summed E-state index contributed by atoms with van der Waals surface area (Å²) in [6, 6.07) is 7.25. The second kappa shape index (κ2) is 5.52. The zero-order chi connectivity index (χ0) is 14.0. The summed E-state index contributed by atoms with van der Waals surface area (Å²) in [5.74, 6) is 1.04. The molecule has 0 radical (unpaired) electrons. The molecule has 0 unspecified atom stereocenters. The number of benzene rings is 1. The zero-order valence-corrected chi connectivity index (χ0v) is 12.0. The zero-order valence-electron chi connectivity index (χ0n) is 11.2. The number of nitrogens with one attached hydrogen (secondary N) is 1. The standard InChI is InChI=1S/C13H17N3O2S/c1-9(8-19(3)18)16(2)13-14-11-7-5-4-6-10(11)12(17)15-13/h4-7,9H,8H2,1-3H3,(H,14,15,17)/t9-,19-/m0/s1. The van der Waals surface area contributed by atoms with Crippen LogP contribution in [0.5, 0.6) is 0 Å². The fourth-order valence-electron chi connectivity index (χ4n) is 1.90. The van der Waals surface area contributed by atoms with Crippen molar-refractivity contribution in [3.05, 3.63) is 34.6 Å². The predicted octanol–water partition coefficient (Wildman–Crippen LogP) is 1.13. The van der Waals surface area contributed by atoms with Crippen LogP contribution in [0.4, 0.5) is 5.95 Å². The van der Waals surface area contributed by atoms with E-state index in [4.69, 9.17) is 0 Å². The average molecular weight is 279 g/mol. The number of hydrogen-bond donors (Lipinski definition) is 1. The summed E-state index contributed by atoms with van der Waals surface area (Å²) >= 11 is 0. The molecule has 1 heterocycles. The number of nitrogens with zero attached hydrogens (tertiary/aromatic N) is 2. The van der Waals surface area contributed by atoms with E-state index in [0.29, 0.717) is 22.6 Å². The first-order valence-electron chi connectivity index (χ1n) is 6.01. The van der Waals surface area contributed by atoms with Crippen LogP contribution in [-0.2, 0) is 10.8 Å². The number of aromatic amines is 1. The summed E-state index contributed by atoms with van der Waals surface area (Å²) in [5, 5.41) is 0.575. The van der Waals surface area contributed by atoms with Crippen molar-refractivity contribution in [2.24, 2.45) is 0 Å². The average Bonchev–Trinajstić information content (AvgIpc) is 2.37. The van der Waals surface area contributed by atoms with Gasteiger partial charge < -0.3 is 4.90 Å². The van der Waals surface area contributed by atoms with E-state index in [1.807, 2.05) is 37.1 Å². The van der Waals surface area contributed by atoms with Crippen molar-refractivity contribution in [1.82, 2.24) is 9.97 Å². The highest BCUT2D eigenvalue weighted by Crippen LogP contribution is 2.12. The Hall–Kier alpha value is -1.69. The Morgan fingerprint density at radius 3 is 2.79 bits per heavy atom. The number of aromatic nitrogens is 2. The SMILES string of the molecule is C[C@@H](C[S@](C)=O)N(C)c1nc2ccccc2c(=O)[nH]1. The van der Waals surface area contributed by atoms with E-state index in [2.05, 4.69) is 9.97 Å². The number of fused-ring (bicyclic) bond motifs is 1. The number of hydrogen-bond acceptors (Lipinski definition) is 4. The van der Waals surface area contributed by atoms with Crippen molar-refractivity contribution in [1.29, 1.82) is 0 Å². The summed E-state index contributed by atoms with van der Waals surface area (Å²) in [6.07, 6.45) is 1.67. The van der Waals surface area contributed by atoms with Gasteiger partial charge in [-0.1, -0.05) is 12.1 Å². The van der Waals surface area contributed by atoms with Gasteiger partial charge in [-0.05, 0) is 19.1 Å². The maximum Gasteiger partial charge on any atom is 0.260 e. The molecule has 2 rings (SSSR count). The molecule has 1 N–H and O–H groups in total. The van der Waals surface area contributed by atoms with E-state index in [9.17, 15) is 9.00 Å². The molecule has 0 aliphatic heterocycles.